The first-order chi connectivity index (χ1) is 7.63. The number of rotatable bonds is 5. The monoisotopic (exact) mass is 241 g/mol. The SMILES string of the molecule is Cc1ccc(Cl)cc1NC(=O)CCCCO. The molecule has 16 heavy (non-hydrogen) atoms. The standard InChI is InChI=1S/C12H16ClNO2/c1-9-5-6-10(13)8-11(9)14-12(16)4-2-3-7-15/h5-6,8,15H,2-4,7H2,1H3,(H,14,16). The van der Waals surface area contributed by atoms with Crippen LogP contribution >= 0.6 is 11.6 Å². The molecule has 2 N–H and O–H groups in total. The predicted octanol–water partition coefficient (Wildman–Crippen LogP) is 2.75. The lowest BCUT2D eigenvalue weighted by Crippen LogP contribution is -2.12. The second kappa shape index (κ2) is 6.51. The van der Waals surface area contributed by atoms with Gasteiger partial charge in [-0.2, -0.15) is 0 Å². The smallest absolute Gasteiger partial charge is 0.224 e. The van der Waals surface area contributed by atoms with Crippen LogP contribution in [0, 0.1) is 6.92 Å². The molecule has 0 unspecified atom stereocenters. The quantitative estimate of drug-likeness (QED) is 0.779. The maximum absolute atomic E-state index is 11.5. The van der Waals surface area contributed by atoms with Gasteiger partial charge in [0.2, 0.25) is 5.91 Å². The topological polar surface area (TPSA) is 49.3 Å². The molecule has 0 bridgehead atoms. The van der Waals surface area contributed by atoms with E-state index in [-0.39, 0.29) is 12.5 Å². The van der Waals surface area contributed by atoms with Crippen LogP contribution in [0.4, 0.5) is 5.69 Å². The van der Waals surface area contributed by atoms with Gasteiger partial charge in [-0.25, -0.2) is 0 Å². The summed E-state index contributed by atoms with van der Waals surface area (Å²) in [7, 11) is 0. The van der Waals surface area contributed by atoms with E-state index >= 15 is 0 Å². The molecule has 0 heterocycles. The zero-order chi connectivity index (χ0) is 12.0. The molecule has 1 aromatic carbocycles. The molecule has 0 atom stereocenters. The van der Waals surface area contributed by atoms with Gasteiger partial charge < -0.3 is 10.4 Å². The third kappa shape index (κ3) is 4.21. The molecule has 0 fully saturated rings. The zero-order valence-corrected chi connectivity index (χ0v) is 10.0. The summed E-state index contributed by atoms with van der Waals surface area (Å²) < 4.78 is 0. The number of aliphatic hydroxyl groups is 1. The van der Waals surface area contributed by atoms with E-state index in [1.54, 1.807) is 12.1 Å². The normalized spacial score (nSPS) is 10.2. The molecule has 0 aliphatic carbocycles. The van der Waals surface area contributed by atoms with Crippen LogP contribution < -0.4 is 5.32 Å². The Hall–Kier alpha value is -1.06. The summed E-state index contributed by atoms with van der Waals surface area (Å²) >= 11 is 5.84. The number of carbonyl (C=O) groups excluding carboxylic acids is 1. The Kier molecular flexibility index (Phi) is 5.29. The van der Waals surface area contributed by atoms with E-state index in [2.05, 4.69) is 5.32 Å². The number of halogens is 1. The number of aryl methyl sites for hydroxylation is 1. The second-order valence-electron chi connectivity index (χ2n) is 3.69. The molecule has 4 heteroatoms. The lowest BCUT2D eigenvalue weighted by molar-refractivity contribution is -0.116. The summed E-state index contributed by atoms with van der Waals surface area (Å²) in [6.07, 6.45) is 1.77. The van der Waals surface area contributed by atoms with E-state index in [1.165, 1.54) is 0 Å². The van der Waals surface area contributed by atoms with Crippen molar-refractivity contribution in [1.29, 1.82) is 0 Å². The van der Waals surface area contributed by atoms with E-state index in [0.29, 0.717) is 24.3 Å². The lowest BCUT2D eigenvalue weighted by Gasteiger charge is -2.08. The summed E-state index contributed by atoms with van der Waals surface area (Å²) in [5.41, 5.74) is 1.74. The maximum atomic E-state index is 11.5. The minimum absolute atomic E-state index is 0.0428. The number of unbranched alkanes of at least 4 members (excludes halogenated alkanes) is 1. The molecule has 0 aromatic heterocycles. The highest BCUT2D eigenvalue weighted by Crippen LogP contribution is 2.20. The van der Waals surface area contributed by atoms with E-state index in [1.807, 2.05) is 13.0 Å². The molecule has 1 rings (SSSR count). The molecule has 3 nitrogen and oxygen atoms in total. The van der Waals surface area contributed by atoms with Crippen molar-refractivity contribution in [3.05, 3.63) is 28.8 Å². The van der Waals surface area contributed by atoms with Gasteiger partial charge >= 0.3 is 0 Å². The number of hydrogen-bond acceptors (Lipinski definition) is 2. The lowest BCUT2D eigenvalue weighted by atomic mass is 10.2. The van der Waals surface area contributed by atoms with Gasteiger partial charge in [-0.1, -0.05) is 17.7 Å². The van der Waals surface area contributed by atoms with Gasteiger partial charge in [0.15, 0.2) is 0 Å². The van der Waals surface area contributed by atoms with E-state index in [9.17, 15) is 4.79 Å². The van der Waals surface area contributed by atoms with Gasteiger partial charge in [-0.05, 0) is 37.5 Å². The van der Waals surface area contributed by atoms with Crippen LogP contribution in [-0.4, -0.2) is 17.6 Å². The zero-order valence-electron chi connectivity index (χ0n) is 9.29. The summed E-state index contributed by atoms with van der Waals surface area (Å²) in [5, 5.41) is 12.0. The molecule has 0 aliphatic heterocycles. The number of aliphatic hydroxyl groups excluding tert-OH is 1. The van der Waals surface area contributed by atoms with Crippen molar-refractivity contribution in [2.24, 2.45) is 0 Å². The Morgan fingerprint density at radius 1 is 1.44 bits per heavy atom. The van der Waals surface area contributed by atoms with Gasteiger partial charge in [0, 0.05) is 23.7 Å². The molecule has 0 saturated heterocycles. The average molecular weight is 242 g/mol. The highest BCUT2D eigenvalue weighted by Gasteiger charge is 2.04. The fourth-order valence-corrected chi connectivity index (χ4v) is 1.51. The summed E-state index contributed by atoms with van der Waals surface area (Å²) in [6, 6.07) is 5.39. The van der Waals surface area contributed by atoms with Crippen molar-refractivity contribution < 1.29 is 9.90 Å². The fraction of sp³-hybridized carbons (Fsp3) is 0.417. The molecular formula is C12H16ClNO2. The number of benzene rings is 1. The summed E-state index contributed by atoms with van der Waals surface area (Å²) in [6.45, 7) is 2.04. The second-order valence-corrected chi connectivity index (χ2v) is 4.12. The summed E-state index contributed by atoms with van der Waals surface area (Å²) in [4.78, 5) is 11.5. The Morgan fingerprint density at radius 3 is 2.88 bits per heavy atom. The number of carbonyl (C=O) groups is 1. The van der Waals surface area contributed by atoms with Crippen LogP contribution in [0.15, 0.2) is 18.2 Å². The Labute approximate surface area is 100 Å². The molecule has 88 valence electrons. The van der Waals surface area contributed by atoms with Crippen LogP contribution in [0.5, 0.6) is 0 Å². The number of nitrogens with one attached hydrogen (secondary N) is 1. The third-order valence-electron chi connectivity index (χ3n) is 2.29. The number of hydrogen-bond donors (Lipinski definition) is 2. The van der Waals surface area contributed by atoms with Gasteiger partial charge in [0.25, 0.3) is 0 Å². The van der Waals surface area contributed by atoms with E-state index < -0.39 is 0 Å². The molecule has 0 aliphatic rings. The number of anilines is 1. The van der Waals surface area contributed by atoms with Crippen molar-refractivity contribution in [1.82, 2.24) is 0 Å². The van der Waals surface area contributed by atoms with Crippen molar-refractivity contribution in [2.45, 2.75) is 26.2 Å². The number of amides is 1. The van der Waals surface area contributed by atoms with Gasteiger partial charge in [-0.15, -0.1) is 0 Å². The minimum Gasteiger partial charge on any atom is -0.396 e. The van der Waals surface area contributed by atoms with Gasteiger partial charge in [-0.3, -0.25) is 4.79 Å². The molecule has 1 aromatic rings. The van der Waals surface area contributed by atoms with E-state index in [0.717, 1.165) is 11.3 Å². The van der Waals surface area contributed by atoms with Gasteiger partial charge in [0.05, 0.1) is 0 Å². The predicted molar refractivity (Wildman–Crippen MR) is 65.8 cm³/mol. The fourth-order valence-electron chi connectivity index (χ4n) is 1.34. The van der Waals surface area contributed by atoms with Crippen LogP contribution in [0.25, 0.3) is 0 Å². The van der Waals surface area contributed by atoms with Crippen molar-refractivity contribution in [3.63, 3.8) is 0 Å². The summed E-state index contributed by atoms with van der Waals surface area (Å²) in [5.74, 6) is -0.0428. The molecule has 0 spiro atoms. The highest BCUT2D eigenvalue weighted by atomic mass is 35.5. The first-order valence-electron chi connectivity index (χ1n) is 5.30. The molecule has 0 radical (unpaired) electrons. The van der Waals surface area contributed by atoms with Crippen LogP contribution in [0.2, 0.25) is 5.02 Å². The van der Waals surface area contributed by atoms with Crippen LogP contribution in [0.3, 0.4) is 0 Å². The van der Waals surface area contributed by atoms with Crippen molar-refractivity contribution in [3.8, 4) is 0 Å². The molecule has 1 amide bonds. The van der Waals surface area contributed by atoms with Gasteiger partial charge in [0.1, 0.15) is 0 Å². The third-order valence-corrected chi connectivity index (χ3v) is 2.52. The Balaban J connectivity index is 2.52. The largest absolute Gasteiger partial charge is 0.396 e. The molecular weight excluding hydrogens is 226 g/mol. The van der Waals surface area contributed by atoms with E-state index in [4.69, 9.17) is 16.7 Å². The first kappa shape index (κ1) is 13.0. The van der Waals surface area contributed by atoms with Crippen LogP contribution in [0.1, 0.15) is 24.8 Å². The van der Waals surface area contributed by atoms with Crippen LogP contribution in [-0.2, 0) is 4.79 Å². The van der Waals surface area contributed by atoms with Crippen molar-refractivity contribution in [2.75, 3.05) is 11.9 Å². The van der Waals surface area contributed by atoms with Crippen molar-refractivity contribution >= 4 is 23.2 Å². The Morgan fingerprint density at radius 2 is 2.19 bits per heavy atom. The Bertz CT molecular complexity index is 366. The average Bonchev–Trinajstić information content (AvgIpc) is 2.24. The first-order valence-corrected chi connectivity index (χ1v) is 5.68. The molecule has 0 saturated carbocycles. The highest BCUT2D eigenvalue weighted by molar-refractivity contribution is 6.31. The maximum Gasteiger partial charge on any atom is 0.224 e. The minimum atomic E-state index is -0.0428.